The van der Waals surface area contributed by atoms with Crippen LogP contribution in [0.1, 0.15) is 19.8 Å². The summed E-state index contributed by atoms with van der Waals surface area (Å²) in [6.45, 7) is 2.28. The molecule has 4 rings (SSSR count). The lowest BCUT2D eigenvalue weighted by molar-refractivity contribution is -0.119. The average Bonchev–Trinajstić information content (AvgIpc) is 3.41. The number of nitrogens with one attached hydrogen (secondary N) is 1. The zero-order valence-corrected chi connectivity index (χ0v) is 18.0. The van der Waals surface area contributed by atoms with E-state index < -0.39 is 22.0 Å². The van der Waals surface area contributed by atoms with Crippen molar-refractivity contribution in [1.29, 1.82) is 0 Å². The molecule has 0 bridgehead atoms. The van der Waals surface area contributed by atoms with Gasteiger partial charge in [-0.25, -0.2) is 8.42 Å². The van der Waals surface area contributed by atoms with E-state index in [-0.39, 0.29) is 11.4 Å². The van der Waals surface area contributed by atoms with Crippen LogP contribution in [0.4, 0.5) is 5.13 Å². The number of benzene rings is 1. The summed E-state index contributed by atoms with van der Waals surface area (Å²) in [5.41, 5.74) is 0.866. The minimum Gasteiger partial charge on any atom is -0.299 e. The molecule has 1 atom stereocenters. The van der Waals surface area contributed by atoms with Crippen LogP contribution in [0.2, 0.25) is 0 Å². The Bertz CT molecular complexity index is 1110. The van der Waals surface area contributed by atoms with Gasteiger partial charge >= 0.3 is 0 Å². The van der Waals surface area contributed by atoms with Gasteiger partial charge in [0, 0.05) is 6.54 Å². The molecule has 0 aliphatic carbocycles. The zero-order valence-electron chi connectivity index (χ0n) is 14.7. The molecule has 28 heavy (non-hydrogen) atoms. The first-order valence-corrected chi connectivity index (χ1v) is 12.5. The Morgan fingerprint density at radius 3 is 3.04 bits per heavy atom. The van der Waals surface area contributed by atoms with Gasteiger partial charge in [-0.15, -0.1) is 10.2 Å². The summed E-state index contributed by atoms with van der Waals surface area (Å²) in [7, 11) is -3.89. The van der Waals surface area contributed by atoms with E-state index in [1.165, 1.54) is 33.5 Å². The van der Waals surface area contributed by atoms with Crippen LogP contribution in [0.5, 0.6) is 0 Å². The second-order valence-corrected chi connectivity index (χ2v) is 10.8. The van der Waals surface area contributed by atoms with E-state index >= 15 is 0 Å². The third-order valence-electron chi connectivity index (χ3n) is 4.25. The van der Waals surface area contributed by atoms with Gasteiger partial charge in [0.1, 0.15) is 22.0 Å². The number of nitrogens with zero attached hydrogens (tertiary/aromatic N) is 5. The Morgan fingerprint density at radius 1 is 1.36 bits per heavy atom. The summed E-state index contributed by atoms with van der Waals surface area (Å²) >= 11 is 3.77. The molecular weight excluding hydrogens is 440 g/mol. The third kappa shape index (κ3) is 3.64. The summed E-state index contributed by atoms with van der Waals surface area (Å²) < 4.78 is 36.7. The van der Waals surface area contributed by atoms with Crippen molar-refractivity contribution in [2.45, 2.75) is 35.0 Å². The van der Waals surface area contributed by atoms with Gasteiger partial charge in [-0.2, -0.15) is 13.1 Å². The maximum Gasteiger partial charge on any atom is 0.246 e. The van der Waals surface area contributed by atoms with Crippen LogP contribution < -0.4 is 5.32 Å². The molecule has 9 nitrogen and oxygen atoms in total. The number of aromatic nitrogens is 4. The Hall–Kier alpha value is -1.67. The fraction of sp³-hybridized carbons (Fsp3) is 0.400. The van der Waals surface area contributed by atoms with Gasteiger partial charge in [0.15, 0.2) is 4.34 Å². The van der Waals surface area contributed by atoms with Gasteiger partial charge in [-0.05, 0) is 30.7 Å². The number of sulfonamides is 1. The summed E-state index contributed by atoms with van der Waals surface area (Å²) in [4.78, 5) is 12.9. The summed E-state index contributed by atoms with van der Waals surface area (Å²) in [5, 5.41) is 11.0. The molecule has 1 amide bonds. The number of rotatable bonds is 6. The highest BCUT2D eigenvalue weighted by atomic mass is 32.2. The van der Waals surface area contributed by atoms with Gasteiger partial charge < -0.3 is 0 Å². The van der Waals surface area contributed by atoms with Crippen molar-refractivity contribution in [2.75, 3.05) is 17.6 Å². The maximum atomic E-state index is 13.3. The fourth-order valence-electron chi connectivity index (χ4n) is 3.04. The lowest BCUT2D eigenvalue weighted by Crippen LogP contribution is -2.43. The van der Waals surface area contributed by atoms with Crippen molar-refractivity contribution in [1.82, 2.24) is 23.2 Å². The average molecular weight is 457 g/mol. The second kappa shape index (κ2) is 7.99. The van der Waals surface area contributed by atoms with Gasteiger partial charge in [0.05, 0.1) is 11.7 Å². The van der Waals surface area contributed by atoms with Gasteiger partial charge in [0.2, 0.25) is 21.1 Å². The molecule has 13 heteroatoms. The van der Waals surface area contributed by atoms with E-state index in [2.05, 4.69) is 24.3 Å². The molecule has 1 saturated heterocycles. The van der Waals surface area contributed by atoms with E-state index in [0.717, 1.165) is 21.8 Å². The molecule has 1 aliphatic rings. The highest BCUT2D eigenvalue weighted by molar-refractivity contribution is 8.01. The predicted molar refractivity (Wildman–Crippen MR) is 109 cm³/mol. The topological polar surface area (TPSA) is 118 Å². The molecule has 1 fully saturated rings. The predicted octanol–water partition coefficient (Wildman–Crippen LogP) is 2.45. The second-order valence-electron chi connectivity index (χ2n) is 5.96. The molecule has 1 N–H and O–H groups in total. The van der Waals surface area contributed by atoms with Crippen LogP contribution in [0.25, 0.3) is 11.0 Å². The highest BCUT2D eigenvalue weighted by Crippen LogP contribution is 2.31. The van der Waals surface area contributed by atoms with E-state index in [9.17, 15) is 13.2 Å². The third-order valence-corrected chi connectivity index (χ3v) is 8.58. The first-order valence-electron chi connectivity index (χ1n) is 8.51. The van der Waals surface area contributed by atoms with Crippen molar-refractivity contribution in [3.63, 3.8) is 0 Å². The van der Waals surface area contributed by atoms with Crippen LogP contribution in [0.3, 0.4) is 0 Å². The van der Waals surface area contributed by atoms with Crippen LogP contribution in [-0.2, 0) is 14.8 Å². The number of carbonyl (C=O) groups excluding carboxylic acids is 1. The largest absolute Gasteiger partial charge is 0.299 e. The summed E-state index contributed by atoms with van der Waals surface area (Å²) in [6, 6.07) is 4.06. The molecule has 0 radical (unpaired) electrons. The number of hydrogen-bond acceptors (Lipinski definition) is 10. The Balaban J connectivity index is 1.58. The quantitative estimate of drug-likeness (QED) is 0.444. The molecule has 3 aromatic rings. The first-order chi connectivity index (χ1) is 13.5. The van der Waals surface area contributed by atoms with Crippen molar-refractivity contribution in [3.8, 4) is 0 Å². The number of fused-ring (bicyclic) bond motifs is 1. The Labute approximate surface area is 173 Å². The number of amides is 1. The SMILES string of the molecule is CCSc1nnc(NC(=O)[C@@H]2CCCN2S(=O)(=O)c2cccc3nsnc23)s1. The fourth-order valence-corrected chi connectivity index (χ4v) is 7.10. The van der Waals surface area contributed by atoms with E-state index in [1.807, 2.05) is 6.92 Å². The molecular formula is C15H16N6O3S4. The van der Waals surface area contributed by atoms with E-state index in [0.29, 0.717) is 29.0 Å². The highest BCUT2D eigenvalue weighted by Gasteiger charge is 2.40. The molecule has 1 aromatic carbocycles. The molecule has 1 aliphatic heterocycles. The molecule has 0 saturated carbocycles. The Kier molecular flexibility index (Phi) is 5.60. The lowest BCUT2D eigenvalue weighted by Gasteiger charge is -2.23. The van der Waals surface area contributed by atoms with Crippen molar-refractivity contribution in [2.24, 2.45) is 0 Å². The molecule has 3 heterocycles. The zero-order chi connectivity index (χ0) is 19.7. The van der Waals surface area contributed by atoms with Crippen LogP contribution >= 0.6 is 34.8 Å². The van der Waals surface area contributed by atoms with Crippen LogP contribution in [0.15, 0.2) is 27.4 Å². The number of carbonyl (C=O) groups is 1. The van der Waals surface area contributed by atoms with Crippen LogP contribution in [-0.4, -0.2) is 55.9 Å². The summed E-state index contributed by atoms with van der Waals surface area (Å²) in [5.74, 6) is 0.461. The number of hydrogen-bond donors (Lipinski definition) is 1. The van der Waals surface area contributed by atoms with Crippen molar-refractivity contribution in [3.05, 3.63) is 18.2 Å². The van der Waals surface area contributed by atoms with Gasteiger partial charge in [-0.3, -0.25) is 10.1 Å². The van der Waals surface area contributed by atoms with Gasteiger partial charge in [0.25, 0.3) is 0 Å². The number of thioether (sulfide) groups is 1. The lowest BCUT2D eigenvalue weighted by atomic mass is 10.2. The van der Waals surface area contributed by atoms with Crippen LogP contribution in [0, 0.1) is 0 Å². The monoisotopic (exact) mass is 456 g/mol. The van der Waals surface area contributed by atoms with Crippen molar-refractivity contribution < 1.29 is 13.2 Å². The molecule has 0 unspecified atom stereocenters. The van der Waals surface area contributed by atoms with E-state index in [1.54, 1.807) is 12.1 Å². The molecule has 0 spiro atoms. The standard InChI is InChI=1S/C15H16N6O3S4/c1-2-25-15-18-17-14(26-15)16-13(22)10-6-4-8-21(10)28(23,24)11-7-3-5-9-12(11)20-27-19-9/h3,5,7,10H,2,4,6,8H2,1H3,(H,16,17,22)/t10-/m0/s1. The first kappa shape index (κ1) is 19.6. The summed E-state index contributed by atoms with van der Waals surface area (Å²) in [6.07, 6.45) is 1.06. The smallest absolute Gasteiger partial charge is 0.246 e. The normalized spacial score (nSPS) is 18.0. The Morgan fingerprint density at radius 2 is 2.21 bits per heavy atom. The van der Waals surface area contributed by atoms with E-state index in [4.69, 9.17) is 0 Å². The minimum atomic E-state index is -3.89. The van der Waals surface area contributed by atoms with Gasteiger partial charge in [-0.1, -0.05) is 36.1 Å². The molecule has 148 valence electrons. The maximum absolute atomic E-state index is 13.3. The molecule has 2 aromatic heterocycles. The number of anilines is 1. The minimum absolute atomic E-state index is 0.0796. The van der Waals surface area contributed by atoms with Crippen molar-refractivity contribution >= 4 is 66.9 Å².